The van der Waals surface area contributed by atoms with Crippen molar-refractivity contribution in [2.45, 2.75) is 38.8 Å². The van der Waals surface area contributed by atoms with Crippen molar-refractivity contribution in [3.63, 3.8) is 0 Å². The lowest BCUT2D eigenvalue weighted by molar-refractivity contribution is 0.237. The van der Waals surface area contributed by atoms with E-state index in [1.807, 2.05) is 6.07 Å². The van der Waals surface area contributed by atoms with E-state index >= 15 is 0 Å². The third-order valence-electron chi connectivity index (χ3n) is 3.14. The van der Waals surface area contributed by atoms with E-state index in [2.05, 4.69) is 16.8 Å². The number of hydrogen-bond donors (Lipinski definition) is 1. The van der Waals surface area contributed by atoms with Crippen molar-refractivity contribution in [1.29, 1.82) is 0 Å². The molecule has 0 aliphatic carbocycles. The number of aromatic nitrogens is 1. The molecule has 1 atom stereocenters. The molecule has 0 aromatic carbocycles. The van der Waals surface area contributed by atoms with Crippen LogP contribution < -0.4 is 0 Å². The maximum absolute atomic E-state index is 9.14. The minimum atomic E-state index is 0.243. The molecule has 1 fully saturated rings. The van der Waals surface area contributed by atoms with Crippen LogP contribution in [0.25, 0.3) is 0 Å². The first-order chi connectivity index (χ1) is 7.29. The van der Waals surface area contributed by atoms with Gasteiger partial charge in [-0.2, -0.15) is 0 Å². The first-order valence-electron chi connectivity index (χ1n) is 5.67. The minimum absolute atomic E-state index is 0.243. The molecule has 3 nitrogen and oxygen atoms in total. The highest BCUT2D eigenvalue weighted by atomic mass is 16.3. The van der Waals surface area contributed by atoms with Gasteiger partial charge < -0.3 is 5.11 Å². The molecule has 1 N–H and O–H groups in total. The number of likely N-dealkylation sites (tertiary alicyclic amines) is 1. The van der Waals surface area contributed by atoms with E-state index in [0.29, 0.717) is 0 Å². The van der Waals surface area contributed by atoms with Crippen LogP contribution in [-0.4, -0.2) is 27.6 Å². The van der Waals surface area contributed by atoms with E-state index in [1.165, 1.54) is 32.0 Å². The zero-order valence-corrected chi connectivity index (χ0v) is 9.19. The number of pyridine rings is 1. The highest BCUT2D eigenvalue weighted by Crippen LogP contribution is 2.21. The van der Waals surface area contributed by atoms with Crippen molar-refractivity contribution in [2.75, 3.05) is 6.54 Å². The van der Waals surface area contributed by atoms with Gasteiger partial charge in [0.2, 0.25) is 0 Å². The van der Waals surface area contributed by atoms with Crippen LogP contribution in [0.5, 0.6) is 5.75 Å². The normalized spacial score (nSPS) is 22.1. The molecule has 1 aromatic heterocycles. The Morgan fingerprint density at radius 1 is 1.53 bits per heavy atom. The Bertz CT molecular complexity index is 310. The summed E-state index contributed by atoms with van der Waals surface area (Å²) in [5.41, 5.74) is 1.05. The van der Waals surface area contributed by atoms with Gasteiger partial charge in [0, 0.05) is 12.6 Å². The zero-order valence-electron chi connectivity index (χ0n) is 9.19. The molecule has 15 heavy (non-hydrogen) atoms. The second kappa shape index (κ2) is 4.62. The van der Waals surface area contributed by atoms with Gasteiger partial charge in [0.15, 0.2) is 0 Å². The maximum Gasteiger partial charge on any atom is 0.133 e. The van der Waals surface area contributed by atoms with Crippen LogP contribution in [0.1, 0.15) is 31.9 Å². The van der Waals surface area contributed by atoms with Crippen LogP contribution in [0.2, 0.25) is 0 Å². The predicted molar refractivity (Wildman–Crippen MR) is 59.6 cm³/mol. The van der Waals surface area contributed by atoms with Gasteiger partial charge in [0.25, 0.3) is 0 Å². The Morgan fingerprint density at radius 3 is 3.07 bits per heavy atom. The Morgan fingerprint density at radius 2 is 2.40 bits per heavy atom. The minimum Gasteiger partial charge on any atom is -0.506 e. The van der Waals surface area contributed by atoms with Crippen molar-refractivity contribution in [2.24, 2.45) is 0 Å². The molecule has 1 unspecified atom stereocenters. The van der Waals surface area contributed by atoms with Crippen LogP contribution in [0.4, 0.5) is 0 Å². The molecule has 1 saturated heterocycles. The van der Waals surface area contributed by atoms with E-state index < -0.39 is 0 Å². The van der Waals surface area contributed by atoms with Crippen LogP contribution in [0.15, 0.2) is 18.3 Å². The van der Waals surface area contributed by atoms with Gasteiger partial charge >= 0.3 is 0 Å². The topological polar surface area (TPSA) is 36.4 Å². The molecular weight excluding hydrogens is 188 g/mol. The summed E-state index contributed by atoms with van der Waals surface area (Å²) >= 11 is 0. The van der Waals surface area contributed by atoms with Gasteiger partial charge in [-0.1, -0.05) is 6.92 Å². The van der Waals surface area contributed by atoms with Crippen LogP contribution in [-0.2, 0) is 6.54 Å². The van der Waals surface area contributed by atoms with Gasteiger partial charge in [-0.05, 0) is 37.9 Å². The summed E-state index contributed by atoms with van der Waals surface area (Å²) in [5, 5.41) is 9.14. The third kappa shape index (κ3) is 2.48. The monoisotopic (exact) mass is 206 g/mol. The van der Waals surface area contributed by atoms with Gasteiger partial charge in [-0.25, -0.2) is 0 Å². The fraction of sp³-hybridized carbons (Fsp3) is 0.583. The first-order valence-corrected chi connectivity index (χ1v) is 5.67. The Hall–Kier alpha value is -1.09. The number of rotatable bonds is 3. The predicted octanol–water partition coefficient (Wildman–Crippen LogP) is 2.16. The summed E-state index contributed by atoms with van der Waals surface area (Å²) in [6, 6.07) is 4.33. The Balaban J connectivity index is 1.99. The lowest BCUT2D eigenvalue weighted by Gasteiger charge is -2.22. The lowest BCUT2D eigenvalue weighted by atomic mass is 10.1. The Labute approximate surface area is 90.8 Å². The van der Waals surface area contributed by atoms with Crippen molar-refractivity contribution < 1.29 is 5.11 Å². The number of aromatic hydroxyl groups is 1. The van der Waals surface area contributed by atoms with Crippen molar-refractivity contribution >= 4 is 0 Å². The van der Waals surface area contributed by atoms with Gasteiger partial charge in [-0.15, -0.1) is 0 Å². The maximum atomic E-state index is 9.14. The van der Waals surface area contributed by atoms with Crippen LogP contribution in [0, 0.1) is 0 Å². The van der Waals surface area contributed by atoms with Gasteiger partial charge in [-0.3, -0.25) is 9.88 Å². The molecule has 82 valence electrons. The molecule has 1 aliphatic rings. The lowest BCUT2D eigenvalue weighted by Crippen LogP contribution is -2.28. The molecule has 0 amide bonds. The van der Waals surface area contributed by atoms with Crippen molar-refractivity contribution in [1.82, 2.24) is 9.88 Å². The highest BCUT2D eigenvalue weighted by molar-refractivity contribution is 5.17. The summed E-state index contributed by atoms with van der Waals surface area (Å²) in [6.45, 7) is 4.34. The molecule has 3 heteroatoms. The second-order valence-corrected chi connectivity index (χ2v) is 4.18. The van der Waals surface area contributed by atoms with E-state index in [9.17, 15) is 0 Å². The summed E-state index contributed by atoms with van der Waals surface area (Å²) in [5.74, 6) is 0.243. The molecule has 0 saturated carbocycles. The number of hydrogen-bond acceptors (Lipinski definition) is 3. The average molecular weight is 206 g/mol. The second-order valence-electron chi connectivity index (χ2n) is 4.18. The number of nitrogens with zero attached hydrogens (tertiary/aromatic N) is 2. The smallest absolute Gasteiger partial charge is 0.133 e. The third-order valence-corrected chi connectivity index (χ3v) is 3.14. The Kier molecular flexibility index (Phi) is 3.21. The summed E-state index contributed by atoms with van der Waals surface area (Å²) in [4.78, 5) is 6.70. The summed E-state index contributed by atoms with van der Waals surface area (Å²) in [6.07, 6.45) is 5.36. The molecule has 2 rings (SSSR count). The van der Waals surface area contributed by atoms with Crippen molar-refractivity contribution in [3.8, 4) is 5.75 Å². The fourth-order valence-electron chi connectivity index (χ4n) is 2.28. The molecule has 1 aromatic rings. The fourth-order valence-corrected chi connectivity index (χ4v) is 2.28. The zero-order chi connectivity index (χ0) is 10.7. The van der Waals surface area contributed by atoms with E-state index in [-0.39, 0.29) is 5.75 Å². The van der Waals surface area contributed by atoms with Crippen molar-refractivity contribution in [3.05, 3.63) is 24.0 Å². The largest absolute Gasteiger partial charge is 0.506 e. The molecule has 0 bridgehead atoms. The van der Waals surface area contributed by atoms with Gasteiger partial charge in [0.05, 0.1) is 11.9 Å². The standard InChI is InChI=1S/C12H18N2O/c1-2-11-4-3-7-14(11)9-10-5-6-12(15)8-13-10/h5-6,8,11,15H,2-4,7,9H2,1H3. The summed E-state index contributed by atoms with van der Waals surface area (Å²) < 4.78 is 0. The molecule has 0 radical (unpaired) electrons. The van der Waals surface area contributed by atoms with E-state index in [4.69, 9.17) is 5.11 Å². The van der Waals surface area contributed by atoms with Crippen LogP contribution >= 0.6 is 0 Å². The highest BCUT2D eigenvalue weighted by Gasteiger charge is 2.22. The molecule has 0 spiro atoms. The average Bonchev–Trinajstić information content (AvgIpc) is 2.69. The van der Waals surface area contributed by atoms with Gasteiger partial charge in [0.1, 0.15) is 5.75 Å². The quantitative estimate of drug-likeness (QED) is 0.823. The first kappa shape index (κ1) is 10.4. The van der Waals surface area contributed by atoms with Crippen LogP contribution in [0.3, 0.4) is 0 Å². The molecule has 2 heterocycles. The summed E-state index contributed by atoms with van der Waals surface area (Å²) in [7, 11) is 0. The van der Waals surface area contributed by atoms with E-state index in [0.717, 1.165) is 18.3 Å². The molecular formula is C12H18N2O. The SMILES string of the molecule is CCC1CCCN1Cc1ccc(O)cn1. The molecule has 1 aliphatic heterocycles. The van der Waals surface area contributed by atoms with E-state index in [1.54, 1.807) is 6.07 Å².